The van der Waals surface area contributed by atoms with Gasteiger partial charge in [-0.15, -0.1) is 0 Å². The standard InChI is InChI=1S/C19H16O3/c1-22-16-12-15(13-8-4-2-5-9-13)18(20)19(21)17(16)14-10-6-3-7-11-14/h2-12,15,17H,1H3. The molecule has 0 amide bonds. The fourth-order valence-corrected chi connectivity index (χ4v) is 2.82. The zero-order valence-electron chi connectivity index (χ0n) is 12.2. The lowest BCUT2D eigenvalue weighted by Gasteiger charge is -2.26. The Kier molecular flexibility index (Phi) is 3.88. The summed E-state index contributed by atoms with van der Waals surface area (Å²) in [6, 6.07) is 18.6. The van der Waals surface area contributed by atoms with Gasteiger partial charge in [0.1, 0.15) is 11.7 Å². The summed E-state index contributed by atoms with van der Waals surface area (Å²) in [5.74, 6) is -1.48. The van der Waals surface area contributed by atoms with Gasteiger partial charge >= 0.3 is 0 Å². The molecule has 2 unspecified atom stereocenters. The van der Waals surface area contributed by atoms with Crippen molar-refractivity contribution in [1.29, 1.82) is 0 Å². The smallest absolute Gasteiger partial charge is 0.214 e. The van der Waals surface area contributed by atoms with E-state index in [-0.39, 0.29) is 5.78 Å². The average molecular weight is 292 g/mol. The first kappa shape index (κ1) is 14.3. The van der Waals surface area contributed by atoms with E-state index in [1.807, 2.05) is 60.7 Å². The van der Waals surface area contributed by atoms with Gasteiger partial charge in [-0.1, -0.05) is 60.7 Å². The number of ether oxygens (including phenoxy) is 1. The average Bonchev–Trinajstić information content (AvgIpc) is 2.58. The van der Waals surface area contributed by atoms with Crippen LogP contribution in [0.1, 0.15) is 23.0 Å². The van der Waals surface area contributed by atoms with Crippen molar-refractivity contribution < 1.29 is 14.3 Å². The molecule has 0 saturated carbocycles. The lowest BCUT2D eigenvalue weighted by molar-refractivity contribution is -0.138. The Labute approximate surface area is 129 Å². The number of hydrogen-bond acceptors (Lipinski definition) is 3. The number of Topliss-reactive ketones (excluding diaryl/α,β-unsaturated/α-hetero) is 2. The third-order valence-electron chi connectivity index (χ3n) is 3.93. The molecule has 2 aromatic rings. The van der Waals surface area contributed by atoms with Crippen LogP contribution in [0.2, 0.25) is 0 Å². The van der Waals surface area contributed by atoms with Gasteiger partial charge in [-0.3, -0.25) is 9.59 Å². The molecule has 110 valence electrons. The molecule has 1 aliphatic rings. The minimum atomic E-state index is -0.640. The highest BCUT2D eigenvalue weighted by Crippen LogP contribution is 2.36. The Morgan fingerprint density at radius 3 is 1.86 bits per heavy atom. The molecule has 0 bridgehead atoms. The molecule has 0 radical (unpaired) electrons. The van der Waals surface area contributed by atoms with E-state index in [0.717, 1.165) is 11.1 Å². The van der Waals surface area contributed by atoms with Crippen molar-refractivity contribution in [2.45, 2.75) is 11.8 Å². The summed E-state index contributed by atoms with van der Waals surface area (Å²) in [6.07, 6.45) is 1.76. The van der Waals surface area contributed by atoms with Gasteiger partial charge in [-0.2, -0.15) is 0 Å². The Bertz CT molecular complexity index is 717. The van der Waals surface area contributed by atoms with Crippen molar-refractivity contribution in [3.8, 4) is 0 Å². The third-order valence-corrected chi connectivity index (χ3v) is 3.93. The van der Waals surface area contributed by atoms with Crippen molar-refractivity contribution in [2.24, 2.45) is 0 Å². The topological polar surface area (TPSA) is 43.4 Å². The SMILES string of the molecule is COC1=CC(c2ccccc2)C(=O)C(=O)C1c1ccccc1. The van der Waals surface area contributed by atoms with Crippen molar-refractivity contribution in [1.82, 2.24) is 0 Å². The highest BCUT2D eigenvalue weighted by atomic mass is 16.5. The molecule has 0 aromatic heterocycles. The number of carbonyl (C=O) groups excluding carboxylic acids is 2. The van der Waals surface area contributed by atoms with Crippen molar-refractivity contribution >= 4 is 11.6 Å². The highest BCUT2D eigenvalue weighted by Gasteiger charge is 2.39. The van der Waals surface area contributed by atoms with Gasteiger partial charge in [0.05, 0.1) is 13.0 Å². The number of carbonyl (C=O) groups is 2. The Balaban J connectivity index is 2.06. The number of methoxy groups -OCH3 is 1. The van der Waals surface area contributed by atoms with E-state index in [0.29, 0.717) is 5.76 Å². The van der Waals surface area contributed by atoms with Gasteiger partial charge in [-0.25, -0.2) is 0 Å². The van der Waals surface area contributed by atoms with E-state index < -0.39 is 17.6 Å². The summed E-state index contributed by atoms with van der Waals surface area (Å²) >= 11 is 0. The predicted molar refractivity (Wildman–Crippen MR) is 83.5 cm³/mol. The molecule has 2 atom stereocenters. The van der Waals surface area contributed by atoms with Crippen LogP contribution in [0.4, 0.5) is 0 Å². The van der Waals surface area contributed by atoms with E-state index in [1.165, 1.54) is 7.11 Å². The number of allylic oxidation sites excluding steroid dienone is 2. The molecule has 2 aromatic carbocycles. The number of ketones is 2. The van der Waals surface area contributed by atoms with Crippen molar-refractivity contribution in [2.75, 3.05) is 7.11 Å². The van der Waals surface area contributed by atoms with Gasteiger partial charge < -0.3 is 4.74 Å². The van der Waals surface area contributed by atoms with Gasteiger partial charge in [-0.05, 0) is 17.2 Å². The molecule has 0 aliphatic heterocycles. The quantitative estimate of drug-likeness (QED) is 0.816. The third kappa shape index (κ3) is 2.46. The Hall–Kier alpha value is -2.68. The largest absolute Gasteiger partial charge is 0.500 e. The van der Waals surface area contributed by atoms with Gasteiger partial charge in [0.2, 0.25) is 11.6 Å². The van der Waals surface area contributed by atoms with Crippen LogP contribution < -0.4 is 0 Å². The van der Waals surface area contributed by atoms with Crippen LogP contribution >= 0.6 is 0 Å². The van der Waals surface area contributed by atoms with E-state index in [1.54, 1.807) is 6.08 Å². The van der Waals surface area contributed by atoms with Crippen molar-refractivity contribution in [3.63, 3.8) is 0 Å². The summed E-state index contributed by atoms with van der Waals surface area (Å²) in [7, 11) is 1.53. The Morgan fingerprint density at radius 2 is 1.32 bits per heavy atom. The zero-order valence-corrected chi connectivity index (χ0v) is 12.2. The summed E-state index contributed by atoms with van der Waals surface area (Å²) < 4.78 is 5.42. The first-order valence-electron chi connectivity index (χ1n) is 7.16. The monoisotopic (exact) mass is 292 g/mol. The molecule has 3 nitrogen and oxygen atoms in total. The second kappa shape index (κ2) is 5.98. The molecule has 3 rings (SSSR count). The maximum Gasteiger partial charge on any atom is 0.214 e. The second-order valence-corrected chi connectivity index (χ2v) is 5.23. The number of hydrogen-bond donors (Lipinski definition) is 0. The van der Waals surface area contributed by atoms with Crippen molar-refractivity contribution in [3.05, 3.63) is 83.6 Å². The predicted octanol–water partition coefficient (Wildman–Crippen LogP) is 3.24. The molecule has 0 spiro atoms. The molecule has 0 fully saturated rings. The summed E-state index contributed by atoms with van der Waals surface area (Å²) in [5, 5.41) is 0. The van der Waals surface area contributed by atoms with E-state index in [9.17, 15) is 9.59 Å². The number of rotatable bonds is 3. The summed E-state index contributed by atoms with van der Waals surface area (Å²) in [5.41, 5.74) is 1.59. The van der Waals surface area contributed by atoms with Crippen LogP contribution in [0.25, 0.3) is 0 Å². The van der Waals surface area contributed by atoms with E-state index in [4.69, 9.17) is 4.74 Å². The van der Waals surface area contributed by atoms with Crippen LogP contribution in [0.5, 0.6) is 0 Å². The lowest BCUT2D eigenvalue weighted by atomic mass is 9.78. The molecule has 0 heterocycles. The van der Waals surface area contributed by atoms with E-state index in [2.05, 4.69) is 0 Å². The minimum Gasteiger partial charge on any atom is -0.500 e. The molecular weight excluding hydrogens is 276 g/mol. The molecule has 0 saturated heterocycles. The second-order valence-electron chi connectivity index (χ2n) is 5.23. The lowest BCUT2D eigenvalue weighted by Crippen LogP contribution is -2.33. The van der Waals surface area contributed by atoms with Gasteiger partial charge in [0.25, 0.3) is 0 Å². The normalized spacial score (nSPS) is 21.4. The first-order chi connectivity index (χ1) is 10.7. The molecular formula is C19H16O3. The highest BCUT2D eigenvalue weighted by molar-refractivity contribution is 6.43. The maximum absolute atomic E-state index is 12.6. The Morgan fingerprint density at radius 1 is 0.773 bits per heavy atom. The van der Waals surface area contributed by atoms with Gasteiger partial charge in [0.15, 0.2) is 0 Å². The van der Waals surface area contributed by atoms with Crippen LogP contribution in [-0.2, 0) is 14.3 Å². The summed E-state index contributed by atoms with van der Waals surface area (Å²) in [4.78, 5) is 25.1. The van der Waals surface area contributed by atoms with E-state index >= 15 is 0 Å². The fourth-order valence-electron chi connectivity index (χ4n) is 2.82. The van der Waals surface area contributed by atoms with Crippen LogP contribution in [0.15, 0.2) is 72.5 Å². The molecule has 0 N–H and O–H groups in total. The molecule has 3 heteroatoms. The fraction of sp³-hybridized carbons (Fsp3) is 0.158. The summed E-state index contributed by atoms with van der Waals surface area (Å²) in [6.45, 7) is 0. The van der Waals surface area contributed by atoms with Crippen LogP contribution in [0.3, 0.4) is 0 Å². The first-order valence-corrected chi connectivity index (χ1v) is 7.16. The maximum atomic E-state index is 12.6. The number of benzene rings is 2. The van der Waals surface area contributed by atoms with Gasteiger partial charge in [0, 0.05) is 0 Å². The minimum absolute atomic E-state index is 0.388. The molecule has 22 heavy (non-hydrogen) atoms. The molecule has 1 aliphatic carbocycles. The van der Waals surface area contributed by atoms with Crippen LogP contribution in [-0.4, -0.2) is 18.7 Å². The van der Waals surface area contributed by atoms with Crippen LogP contribution in [0, 0.1) is 0 Å². The zero-order chi connectivity index (χ0) is 15.5.